The van der Waals surface area contributed by atoms with Crippen LogP contribution in [0.25, 0.3) is 11.3 Å². The summed E-state index contributed by atoms with van der Waals surface area (Å²) in [5, 5.41) is 0. The van der Waals surface area contributed by atoms with Crippen molar-refractivity contribution in [2.45, 2.75) is 38.1 Å². The van der Waals surface area contributed by atoms with Crippen molar-refractivity contribution in [3.63, 3.8) is 0 Å². The second kappa shape index (κ2) is 6.75. The monoisotopic (exact) mass is 347 g/mol. The molecule has 1 aromatic carbocycles. The van der Waals surface area contributed by atoms with Gasteiger partial charge in [-0.25, -0.2) is 4.98 Å². The van der Waals surface area contributed by atoms with Gasteiger partial charge in [-0.3, -0.25) is 0 Å². The first-order valence-electron chi connectivity index (χ1n) is 7.77. The Balaban J connectivity index is 1.91. The maximum absolute atomic E-state index is 6.11. The van der Waals surface area contributed by atoms with E-state index in [2.05, 4.69) is 49.7 Å². The largest absolute Gasteiger partial charge is 0.328 e. The maximum Gasteiger partial charge on any atom is 0.0954 e. The highest BCUT2D eigenvalue weighted by molar-refractivity contribution is 9.10. The van der Waals surface area contributed by atoms with Crippen molar-refractivity contribution in [3.05, 3.63) is 41.3 Å². The fourth-order valence-electron chi connectivity index (χ4n) is 3.47. The average Bonchev–Trinajstić information content (AvgIpc) is 2.99. The van der Waals surface area contributed by atoms with Gasteiger partial charge in [0.1, 0.15) is 0 Å². The van der Waals surface area contributed by atoms with E-state index in [0.717, 1.165) is 4.47 Å². The molecule has 3 nitrogen and oxygen atoms in total. The number of hydrogen-bond donors (Lipinski definition) is 1. The summed E-state index contributed by atoms with van der Waals surface area (Å²) in [7, 11) is 0. The molecule has 0 aliphatic heterocycles. The van der Waals surface area contributed by atoms with Gasteiger partial charge in [-0.15, -0.1) is 0 Å². The number of rotatable bonds is 4. The Morgan fingerprint density at radius 3 is 2.57 bits per heavy atom. The van der Waals surface area contributed by atoms with Gasteiger partial charge < -0.3 is 10.3 Å². The molecular formula is C17H22BrN3. The lowest BCUT2D eigenvalue weighted by Gasteiger charge is -2.31. The van der Waals surface area contributed by atoms with Crippen LogP contribution in [0.3, 0.4) is 0 Å². The van der Waals surface area contributed by atoms with Crippen LogP contribution in [0.15, 0.2) is 41.3 Å². The van der Waals surface area contributed by atoms with Crippen molar-refractivity contribution in [1.29, 1.82) is 0 Å². The third kappa shape index (κ3) is 3.22. The molecule has 1 aromatic heterocycles. The van der Waals surface area contributed by atoms with Gasteiger partial charge in [0, 0.05) is 11.0 Å². The highest BCUT2D eigenvalue weighted by Gasteiger charge is 2.25. The number of nitrogens with two attached hydrogens (primary N) is 1. The number of imidazole rings is 1. The summed E-state index contributed by atoms with van der Waals surface area (Å²) in [6, 6.07) is 8.78. The lowest BCUT2D eigenvalue weighted by molar-refractivity contribution is 0.255. The van der Waals surface area contributed by atoms with E-state index in [1.807, 2.05) is 12.5 Å². The van der Waals surface area contributed by atoms with Crippen LogP contribution in [-0.2, 0) is 0 Å². The van der Waals surface area contributed by atoms with E-state index in [1.165, 1.54) is 43.4 Å². The number of benzene rings is 1. The van der Waals surface area contributed by atoms with Crippen molar-refractivity contribution in [2.75, 3.05) is 6.54 Å². The smallest absolute Gasteiger partial charge is 0.0954 e. The lowest BCUT2D eigenvalue weighted by atomic mass is 9.83. The minimum Gasteiger partial charge on any atom is -0.328 e. The van der Waals surface area contributed by atoms with Crippen LogP contribution in [0.5, 0.6) is 0 Å². The summed E-state index contributed by atoms with van der Waals surface area (Å²) in [5.41, 5.74) is 8.48. The van der Waals surface area contributed by atoms with E-state index in [4.69, 9.17) is 5.73 Å². The number of hydrogen-bond acceptors (Lipinski definition) is 2. The van der Waals surface area contributed by atoms with Gasteiger partial charge in [0.25, 0.3) is 0 Å². The molecule has 3 rings (SSSR count). The van der Waals surface area contributed by atoms with Crippen LogP contribution < -0.4 is 5.73 Å². The highest BCUT2D eigenvalue weighted by atomic mass is 79.9. The highest BCUT2D eigenvalue weighted by Crippen LogP contribution is 2.35. The average molecular weight is 348 g/mol. The van der Waals surface area contributed by atoms with Gasteiger partial charge in [-0.05, 0) is 36.5 Å². The molecule has 112 valence electrons. The molecule has 21 heavy (non-hydrogen) atoms. The molecule has 2 N–H and O–H groups in total. The van der Waals surface area contributed by atoms with Gasteiger partial charge in [0.05, 0.1) is 24.3 Å². The zero-order chi connectivity index (χ0) is 14.7. The summed E-state index contributed by atoms with van der Waals surface area (Å²) < 4.78 is 3.39. The Morgan fingerprint density at radius 1 is 1.19 bits per heavy atom. The van der Waals surface area contributed by atoms with Crippen LogP contribution in [-0.4, -0.2) is 16.1 Å². The van der Waals surface area contributed by atoms with E-state index >= 15 is 0 Å². The standard InChI is InChI=1S/C17H22BrN3/c18-15-8-6-14(7-9-15)17-11-20-12-21(17)16(10-19)13-4-2-1-3-5-13/h6-9,11-13,16H,1-5,10,19H2. The molecule has 2 aromatic rings. The van der Waals surface area contributed by atoms with Crippen LogP contribution in [0.2, 0.25) is 0 Å². The molecule has 0 bridgehead atoms. The molecule has 0 amide bonds. The Labute approximate surface area is 134 Å². The van der Waals surface area contributed by atoms with Gasteiger partial charge in [0.2, 0.25) is 0 Å². The second-order valence-electron chi connectivity index (χ2n) is 5.89. The Hall–Kier alpha value is -1.13. The first-order valence-corrected chi connectivity index (χ1v) is 8.56. The quantitative estimate of drug-likeness (QED) is 0.890. The molecule has 0 spiro atoms. The molecule has 1 atom stereocenters. The van der Waals surface area contributed by atoms with Crippen molar-refractivity contribution in [1.82, 2.24) is 9.55 Å². The Bertz CT molecular complexity index is 570. The molecule has 0 saturated heterocycles. The van der Waals surface area contributed by atoms with E-state index < -0.39 is 0 Å². The third-order valence-electron chi connectivity index (χ3n) is 4.60. The Morgan fingerprint density at radius 2 is 1.90 bits per heavy atom. The minimum atomic E-state index is 0.367. The van der Waals surface area contributed by atoms with Crippen LogP contribution >= 0.6 is 15.9 Å². The third-order valence-corrected chi connectivity index (χ3v) is 5.13. The van der Waals surface area contributed by atoms with Crippen molar-refractivity contribution < 1.29 is 0 Å². The van der Waals surface area contributed by atoms with E-state index in [9.17, 15) is 0 Å². The number of aromatic nitrogens is 2. The topological polar surface area (TPSA) is 43.8 Å². The maximum atomic E-state index is 6.11. The minimum absolute atomic E-state index is 0.367. The summed E-state index contributed by atoms with van der Waals surface area (Å²) in [4.78, 5) is 4.38. The normalized spacial score (nSPS) is 17.8. The van der Waals surface area contributed by atoms with Crippen LogP contribution in [0.1, 0.15) is 38.1 Å². The van der Waals surface area contributed by atoms with E-state index in [0.29, 0.717) is 18.5 Å². The summed E-state index contributed by atoms with van der Waals surface area (Å²) in [6.45, 7) is 0.685. The SMILES string of the molecule is NCC(C1CCCCC1)n1cncc1-c1ccc(Br)cc1. The van der Waals surface area contributed by atoms with Crippen LogP contribution in [0.4, 0.5) is 0 Å². The summed E-state index contributed by atoms with van der Waals surface area (Å²) in [6.07, 6.45) is 10.5. The van der Waals surface area contributed by atoms with Gasteiger partial charge >= 0.3 is 0 Å². The van der Waals surface area contributed by atoms with Crippen molar-refractivity contribution in [2.24, 2.45) is 11.7 Å². The summed E-state index contributed by atoms with van der Waals surface area (Å²) >= 11 is 3.49. The molecule has 1 heterocycles. The number of nitrogens with zero attached hydrogens (tertiary/aromatic N) is 2. The molecule has 1 aliphatic carbocycles. The fraction of sp³-hybridized carbons (Fsp3) is 0.471. The summed E-state index contributed by atoms with van der Waals surface area (Å²) in [5.74, 6) is 0.687. The number of halogens is 1. The molecule has 1 fully saturated rings. The molecular weight excluding hydrogens is 326 g/mol. The zero-order valence-corrected chi connectivity index (χ0v) is 13.8. The predicted octanol–water partition coefficient (Wildman–Crippen LogP) is 4.39. The molecule has 0 radical (unpaired) electrons. The van der Waals surface area contributed by atoms with E-state index in [-0.39, 0.29) is 0 Å². The van der Waals surface area contributed by atoms with Gasteiger partial charge in [0.15, 0.2) is 0 Å². The zero-order valence-electron chi connectivity index (χ0n) is 12.2. The fourth-order valence-corrected chi connectivity index (χ4v) is 3.73. The van der Waals surface area contributed by atoms with E-state index in [1.54, 1.807) is 0 Å². The molecule has 1 saturated carbocycles. The molecule has 1 aliphatic rings. The predicted molar refractivity (Wildman–Crippen MR) is 90.0 cm³/mol. The van der Waals surface area contributed by atoms with Crippen molar-refractivity contribution >= 4 is 15.9 Å². The second-order valence-corrected chi connectivity index (χ2v) is 6.81. The first kappa shape index (κ1) is 14.8. The lowest BCUT2D eigenvalue weighted by Crippen LogP contribution is -2.28. The molecule has 4 heteroatoms. The molecule has 1 unspecified atom stereocenters. The van der Waals surface area contributed by atoms with Crippen molar-refractivity contribution in [3.8, 4) is 11.3 Å². The van der Waals surface area contributed by atoms with Gasteiger partial charge in [-0.2, -0.15) is 0 Å². The van der Waals surface area contributed by atoms with Gasteiger partial charge in [-0.1, -0.05) is 47.3 Å². The van der Waals surface area contributed by atoms with Crippen LogP contribution in [0, 0.1) is 5.92 Å². The first-order chi connectivity index (χ1) is 10.3. The Kier molecular flexibility index (Phi) is 4.76.